The maximum absolute atomic E-state index is 6.02. The van der Waals surface area contributed by atoms with Crippen molar-refractivity contribution in [3.8, 4) is 0 Å². The molecule has 0 aliphatic heterocycles. The quantitative estimate of drug-likeness (QED) is 0.774. The van der Waals surface area contributed by atoms with Crippen molar-refractivity contribution in [2.45, 2.75) is 85.3 Å². The van der Waals surface area contributed by atoms with E-state index >= 15 is 0 Å². The van der Waals surface area contributed by atoms with Gasteiger partial charge in [0, 0.05) is 12.3 Å². The average Bonchev–Trinajstić information content (AvgIpc) is 3.08. The molecule has 2 saturated carbocycles. The first-order valence-electron chi connectivity index (χ1n) is 8.29. The Morgan fingerprint density at radius 3 is 2.15 bits per heavy atom. The van der Waals surface area contributed by atoms with Crippen LogP contribution >= 0.6 is 0 Å². The summed E-state index contributed by atoms with van der Waals surface area (Å²) >= 11 is 0. The molecule has 0 aromatic carbocycles. The maximum Gasteiger partial charge on any atom is 0.0776 e. The zero-order valence-electron chi connectivity index (χ0n) is 14.3. The van der Waals surface area contributed by atoms with Crippen LogP contribution in [0.5, 0.6) is 0 Å². The van der Waals surface area contributed by atoms with Crippen LogP contribution < -0.4 is 5.32 Å². The highest BCUT2D eigenvalue weighted by molar-refractivity contribution is 4.93. The van der Waals surface area contributed by atoms with Crippen LogP contribution in [0.2, 0.25) is 0 Å². The smallest absolute Gasteiger partial charge is 0.0776 e. The Morgan fingerprint density at radius 2 is 1.65 bits per heavy atom. The van der Waals surface area contributed by atoms with E-state index in [1.165, 1.54) is 38.5 Å². The maximum atomic E-state index is 6.02. The molecule has 1 N–H and O–H groups in total. The summed E-state index contributed by atoms with van der Waals surface area (Å²) in [6.45, 7) is 15.7. The van der Waals surface area contributed by atoms with Gasteiger partial charge in [0.15, 0.2) is 0 Å². The molecule has 2 heteroatoms. The summed E-state index contributed by atoms with van der Waals surface area (Å²) in [7, 11) is 0. The van der Waals surface area contributed by atoms with Crippen LogP contribution in [0.25, 0.3) is 0 Å². The third-order valence-electron chi connectivity index (χ3n) is 3.38. The Morgan fingerprint density at radius 1 is 1.10 bits per heavy atom. The highest BCUT2D eigenvalue weighted by Gasteiger charge is 2.28. The summed E-state index contributed by atoms with van der Waals surface area (Å²) in [6.07, 6.45) is 8.30. The lowest BCUT2D eigenvalue weighted by molar-refractivity contribution is 0.00226. The lowest BCUT2D eigenvalue weighted by atomic mass is 9.92. The van der Waals surface area contributed by atoms with Crippen molar-refractivity contribution in [1.29, 1.82) is 0 Å². The standard InChI is InChI=1S/C13H23NO.C5H12/c1-10(2)14-12-5-3-4-6-13(12)15-9-11-7-8-11;1-5(2,3)4/h11-14H,1,3-9H2,2H3;1-4H3. The molecular formula is C18H35NO. The molecule has 0 bridgehead atoms. The first-order valence-corrected chi connectivity index (χ1v) is 8.29. The summed E-state index contributed by atoms with van der Waals surface area (Å²) < 4.78 is 6.02. The summed E-state index contributed by atoms with van der Waals surface area (Å²) in [5.74, 6) is 0.873. The molecule has 2 unspecified atom stereocenters. The Hall–Kier alpha value is -0.500. The average molecular weight is 281 g/mol. The molecule has 0 aromatic heterocycles. The van der Waals surface area contributed by atoms with E-state index in [4.69, 9.17) is 4.74 Å². The van der Waals surface area contributed by atoms with Crippen molar-refractivity contribution in [2.24, 2.45) is 11.3 Å². The number of hydrogen-bond donors (Lipinski definition) is 1. The molecule has 0 aromatic rings. The molecule has 0 heterocycles. The summed E-state index contributed by atoms with van der Waals surface area (Å²) in [6, 6.07) is 0.509. The Bertz CT molecular complexity index is 282. The third kappa shape index (κ3) is 9.41. The van der Waals surface area contributed by atoms with Gasteiger partial charge in [-0.15, -0.1) is 0 Å². The topological polar surface area (TPSA) is 21.3 Å². The van der Waals surface area contributed by atoms with Crippen molar-refractivity contribution in [3.05, 3.63) is 12.3 Å². The first-order chi connectivity index (χ1) is 9.25. The second kappa shape index (κ2) is 8.07. The van der Waals surface area contributed by atoms with E-state index in [9.17, 15) is 0 Å². The van der Waals surface area contributed by atoms with E-state index in [0.717, 1.165) is 18.2 Å². The number of nitrogens with one attached hydrogen (secondary N) is 1. The zero-order valence-corrected chi connectivity index (χ0v) is 14.3. The monoisotopic (exact) mass is 281 g/mol. The molecule has 0 spiro atoms. The predicted octanol–water partition coefficient (Wildman–Crippen LogP) is 4.90. The third-order valence-corrected chi connectivity index (χ3v) is 3.38. The second-order valence-corrected chi connectivity index (χ2v) is 8.13. The molecule has 0 saturated heterocycles. The minimum atomic E-state index is 0.427. The molecule has 118 valence electrons. The van der Waals surface area contributed by atoms with E-state index in [0.29, 0.717) is 17.6 Å². The highest BCUT2D eigenvalue weighted by atomic mass is 16.5. The fourth-order valence-electron chi connectivity index (χ4n) is 2.32. The van der Waals surface area contributed by atoms with Crippen LogP contribution in [0.15, 0.2) is 12.3 Å². The first kappa shape index (κ1) is 17.6. The van der Waals surface area contributed by atoms with Gasteiger partial charge in [-0.25, -0.2) is 0 Å². The van der Waals surface area contributed by atoms with E-state index < -0.39 is 0 Å². The summed E-state index contributed by atoms with van der Waals surface area (Å²) in [4.78, 5) is 0. The van der Waals surface area contributed by atoms with Crippen LogP contribution in [0.1, 0.15) is 73.1 Å². The Labute approximate surface area is 126 Å². The van der Waals surface area contributed by atoms with E-state index in [1.54, 1.807) is 0 Å². The van der Waals surface area contributed by atoms with Gasteiger partial charge in [-0.05, 0) is 43.9 Å². The van der Waals surface area contributed by atoms with Gasteiger partial charge in [-0.1, -0.05) is 47.1 Å². The van der Waals surface area contributed by atoms with Gasteiger partial charge in [0.05, 0.1) is 12.1 Å². The van der Waals surface area contributed by atoms with Crippen LogP contribution in [-0.4, -0.2) is 18.8 Å². The molecule has 2 aliphatic rings. The predicted molar refractivity (Wildman–Crippen MR) is 87.8 cm³/mol. The Kier molecular flexibility index (Phi) is 7.08. The minimum Gasteiger partial charge on any atom is -0.384 e. The van der Waals surface area contributed by atoms with Gasteiger partial charge in [0.25, 0.3) is 0 Å². The number of rotatable bonds is 5. The van der Waals surface area contributed by atoms with E-state index in [2.05, 4.69) is 39.6 Å². The lowest BCUT2D eigenvalue weighted by Gasteiger charge is -2.33. The van der Waals surface area contributed by atoms with Crippen LogP contribution in [0.3, 0.4) is 0 Å². The lowest BCUT2D eigenvalue weighted by Crippen LogP contribution is -2.42. The summed E-state index contributed by atoms with van der Waals surface area (Å²) in [5, 5.41) is 3.46. The molecule has 2 aliphatic carbocycles. The molecule has 0 amide bonds. The zero-order chi connectivity index (χ0) is 15.2. The molecule has 0 radical (unpaired) electrons. The Balaban J connectivity index is 0.000000347. The van der Waals surface area contributed by atoms with E-state index in [-0.39, 0.29) is 0 Å². The van der Waals surface area contributed by atoms with E-state index in [1.807, 2.05) is 6.92 Å². The SMILES string of the molecule is C=C(C)NC1CCCCC1OCC1CC1.CC(C)(C)C. The fourth-order valence-corrected chi connectivity index (χ4v) is 2.32. The van der Waals surface area contributed by atoms with Crippen molar-refractivity contribution in [2.75, 3.05) is 6.61 Å². The molecule has 2 atom stereocenters. The van der Waals surface area contributed by atoms with Crippen LogP contribution in [0.4, 0.5) is 0 Å². The minimum absolute atomic E-state index is 0.427. The highest BCUT2D eigenvalue weighted by Crippen LogP contribution is 2.31. The van der Waals surface area contributed by atoms with Crippen molar-refractivity contribution in [1.82, 2.24) is 5.32 Å². The largest absolute Gasteiger partial charge is 0.384 e. The van der Waals surface area contributed by atoms with Gasteiger partial charge in [0.1, 0.15) is 0 Å². The molecular weight excluding hydrogens is 246 g/mol. The van der Waals surface area contributed by atoms with Gasteiger partial charge < -0.3 is 10.1 Å². The molecule has 2 rings (SSSR count). The fraction of sp³-hybridized carbons (Fsp3) is 0.889. The van der Waals surface area contributed by atoms with Gasteiger partial charge in [-0.2, -0.15) is 0 Å². The van der Waals surface area contributed by atoms with Crippen molar-refractivity contribution < 1.29 is 4.74 Å². The molecule has 2 fully saturated rings. The van der Waals surface area contributed by atoms with Crippen molar-refractivity contribution >= 4 is 0 Å². The van der Waals surface area contributed by atoms with Gasteiger partial charge in [-0.3, -0.25) is 0 Å². The number of allylic oxidation sites excluding steroid dienone is 1. The number of hydrogen-bond acceptors (Lipinski definition) is 2. The molecule has 20 heavy (non-hydrogen) atoms. The van der Waals surface area contributed by atoms with Gasteiger partial charge in [0.2, 0.25) is 0 Å². The number of ether oxygens (including phenoxy) is 1. The van der Waals surface area contributed by atoms with Crippen molar-refractivity contribution in [3.63, 3.8) is 0 Å². The van der Waals surface area contributed by atoms with Gasteiger partial charge >= 0.3 is 0 Å². The molecule has 2 nitrogen and oxygen atoms in total. The second-order valence-electron chi connectivity index (χ2n) is 8.13. The van der Waals surface area contributed by atoms with Crippen LogP contribution in [-0.2, 0) is 4.74 Å². The summed E-state index contributed by atoms with van der Waals surface area (Å²) in [5.41, 5.74) is 1.57. The normalized spacial score (nSPS) is 26.4. The van der Waals surface area contributed by atoms with Crippen LogP contribution in [0, 0.1) is 11.3 Å².